The summed E-state index contributed by atoms with van der Waals surface area (Å²) in [7, 11) is 0. The van der Waals surface area contributed by atoms with Gasteiger partial charge in [-0.05, 0) is 29.5 Å². The summed E-state index contributed by atoms with van der Waals surface area (Å²) >= 11 is 0. The number of nitrogens with zero attached hydrogens (tertiary/aromatic N) is 1. The summed E-state index contributed by atoms with van der Waals surface area (Å²) in [6, 6.07) is 20.1. The minimum absolute atomic E-state index is 0.470. The molecule has 0 saturated heterocycles. The van der Waals surface area contributed by atoms with Crippen LogP contribution in [0.1, 0.15) is 29.2 Å². The lowest BCUT2D eigenvalue weighted by atomic mass is 9.90. The summed E-state index contributed by atoms with van der Waals surface area (Å²) in [4.78, 5) is 2.58. The van der Waals surface area contributed by atoms with Crippen LogP contribution in [0.15, 0.2) is 67.3 Å². The summed E-state index contributed by atoms with van der Waals surface area (Å²) in [6.07, 6.45) is 4.21. The molecule has 102 valence electrons. The Morgan fingerprint density at radius 1 is 1.05 bits per heavy atom. The van der Waals surface area contributed by atoms with E-state index in [1.807, 2.05) is 6.08 Å². The maximum atomic E-state index is 3.94. The highest BCUT2D eigenvalue weighted by Crippen LogP contribution is 2.33. The van der Waals surface area contributed by atoms with E-state index in [1.165, 1.54) is 16.7 Å². The summed E-state index contributed by atoms with van der Waals surface area (Å²) in [5.74, 6) is 0. The van der Waals surface area contributed by atoms with Gasteiger partial charge in [0.1, 0.15) is 0 Å². The summed E-state index contributed by atoms with van der Waals surface area (Å²) in [5.41, 5.74) is 4.37. The molecule has 0 fully saturated rings. The molecule has 1 heteroatoms. The van der Waals surface area contributed by atoms with Gasteiger partial charge in [-0.3, -0.25) is 4.90 Å². The van der Waals surface area contributed by atoms with Crippen LogP contribution in [0, 0.1) is 0 Å². The summed E-state index contributed by atoms with van der Waals surface area (Å²) in [6.45, 7) is 6.09. The van der Waals surface area contributed by atoms with E-state index in [-0.39, 0.29) is 0 Å². The maximum absolute atomic E-state index is 3.94. The molecule has 2 aromatic carbocycles. The number of rotatable bonds is 4. The first-order valence-corrected chi connectivity index (χ1v) is 7.35. The second-order valence-electron chi connectivity index (χ2n) is 5.45. The van der Waals surface area contributed by atoms with E-state index in [4.69, 9.17) is 0 Å². The molecule has 0 amide bonds. The zero-order valence-corrected chi connectivity index (χ0v) is 11.8. The Morgan fingerprint density at radius 2 is 1.80 bits per heavy atom. The van der Waals surface area contributed by atoms with Crippen molar-refractivity contribution in [3.05, 3.63) is 83.9 Å². The number of fused-ring (bicyclic) bond motifs is 1. The van der Waals surface area contributed by atoms with Gasteiger partial charge in [-0.25, -0.2) is 0 Å². The van der Waals surface area contributed by atoms with Crippen LogP contribution in [0.25, 0.3) is 0 Å². The predicted octanol–water partition coefficient (Wildman–Crippen LogP) is 4.36. The third kappa shape index (κ3) is 2.68. The van der Waals surface area contributed by atoms with Crippen molar-refractivity contribution in [3.63, 3.8) is 0 Å². The fraction of sp³-hybridized carbons (Fsp3) is 0.263. The van der Waals surface area contributed by atoms with E-state index in [9.17, 15) is 0 Å². The highest BCUT2D eigenvalue weighted by Gasteiger charge is 2.25. The van der Waals surface area contributed by atoms with Gasteiger partial charge in [0.25, 0.3) is 0 Å². The van der Waals surface area contributed by atoms with Gasteiger partial charge < -0.3 is 0 Å². The molecule has 0 spiro atoms. The molecule has 2 aromatic rings. The zero-order valence-electron chi connectivity index (χ0n) is 11.8. The summed E-state index contributed by atoms with van der Waals surface area (Å²) in [5, 5.41) is 0. The van der Waals surface area contributed by atoms with Gasteiger partial charge in [0, 0.05) is 19.1 Å². The number of hydrogen-bond acceptors (Lipinski definition) is 1. The molecular formula is C19H21N. The molecule has 0 aromatic heterocycles. The van der Waals surface area contributed by atoms with Gasteiger partial charge in [0.15, 0.2) is 0 Å². The lowest BCUT2D eigenvalue weighted by Gasteiger charge is -2.37. The highest BCUT2D eigenvalue weighted by molar-refractivity contribution is 5.33. The third-order valence-electron chi connectivity index (χ3n) is 4.14. The Kier molecular flexibility index (Phi) is 3.98. The van der Waals surface area contributed by atoms with Crippen molar-refractivity contribution in [2.24, 2.45) is 0 Å². The fourth-order valence-corrected chi connectivity index (χ4v) is 3.14. The van der Waals surface area contributed by atoms with E-state index >= 15 is 0 Å². The normalized spacial score (nSPS) is 18.5. The monoisotopic (exact) mass is 263 g/mol. The van der Waals surface area contributed by atoms with E-state index in [2.05, 4.69) is 66.1 Å². The highest BCUT2D eigenvalue weighted by atomic mass is 15.2. The van der Waals surface area contributed by atoms with Gasteiger partial charge >= 0.3 is 0 Å². The molecular weight excluding hydrogens is 242 g/mol. The molecule has 0 aliphatic carbocycles. The van der Waals surface area contributed by atoms with Crippen LogP contribution in [-0.4, -0.2) is 11.4 Å². The molecule has 1 heterocycles. The van der Waals surface area contributed by atoms with E-state index in [0.717, 1.165) is 25.9 Å². The van der Waals surface area contributed by atoms with Gasteiger partial charge in [0.05, 0.1) is 0 Å². The van der Waals surface area contributed by atoms with Crippen LogP contribution in [0.5, 0.6) is 0 Å². The molecule has 0 saturated carbocycles. The van der Waals surface area contributed by atoms with Crippen molar-refractivity contribution in [2.45, 2.75) is 25.4 Å². The van der Waals surface area contributed by atoms with Crippen LogP contribution in [0.4, 0.5) is 0 Å². The Hall–Kier alpha value is -1.86. The van der Waals surface area contributed by atoms with E-state index in [0.29, 0.717) is 6.04 Å². The Morgan fingerprint density at radius 3 is 2.60 bits per heavy atom. The molecule has 20 heavy (non-hydrogen) atoms. The number of hydrogen-bond donors (Lipinski definition) is 0. The van der Waals surface area contributed by atoms with Crippen molar-refractivity contribution in [3.8, 4) is 0 Å². The lowest BCUT2D eigenvalue weighted by Crippen LogP contribution is -2.34. The lowest BCUT2D eigenvalue weighted by molar-refractivity contribution is 0.177. The smallest absolute Gasteiger partial charge is 0.0388 e. The van der Waals surface area contributed by atoms with Gasteiger partial charge in [-0.15, -0.1) is 6.58 Å². The SMILES string of the molecule is C=CCC1c2ccccc2CCN1Cc1ccccc1. The van der Waals surface area contributed by atoms with Crippen LogP contribution in [0.2, 0.25) is 0 Å². The second kappa shape index (κ2) is 6.06. The van der Waals surface area contributed by atoms with Crippen molar-refractivity contribution in [1.29, 1.82) is 0 Å². The van der Waals surface area contributed by atoms with Crippen LogP contribution >= 0.6 is 0 Å². The van der Waals surface area contributed by atoms with Crippen LogP contribution < -0.4 is 0 Å². The topological polar surface area (TPSA) is 3.24 Å². The Labute approximate surface area is 121 Å². The third-order valence-corrected chi connectivity index (χ3v) is 4.14. The van der Waals surface area contributed by atoms with Gasteiger partial charge in [0.2, 0.25) is 0 Å². The van der Waals surface area contributed by atoms with Crippen LogP contribution in [-0.2, 0) is 13.0 Å². The van der Waals surface area contributed by atoms with Crippen molar-refractivity contribution in [1.82, 2.24) is 4.90 Å². The van der Waals surface area contributed by atoms with Crippen LogP contribution in [0.3, 0.4) is 0 Å². The molecule has 1 nitrogen and oxygen atoms in total. The first-order chi connectivity index (χ1) is 9.88. The molecule has 1 atom stereocenters. The van der Waals surface area contributed by atoms with E-state index in [1.54, 1.807) is 0 Å². The molecule has 0 N–H and O–H groups in total. The zero-order chi connectivity index (χ0) is 13.8. The molecule has 1 aliphatic heterocycles. The maximum Gasteiger partial charge on any atom is 0.0388 e. The molecule has 0 bridgehead atoms. The largest absolute Gasteiger partial charge is 0.291 e. The minimum atomic E-state index is 0.470. The first-order valence-electron chi connectivity index (χ1n) is 7.35. The van der Waals surface area contributed by atoms with Crippen molar-refractivity contribution < 1.29 is 0 Å². The Balaban J connectivity index is 1.86. The summed E-state index contributed by atoms with van der Waals surface area (Å²) < 4.78 is 0. The minimum Gasteiger partial charge on any atom is -0.291 e. The van der Waals surface area contributed by atoms with E-state index < -0.39 is 0 Å². The predicted molar refractivity (Wildman–Crippen MR) is 84.6 cm³/mol. The van der Waals surface area contributed by atoms with Crippen molar-refractivity contribution in [2.75, 3.05) is 6.54 Å². The van der Waals surface area contributed by atoms with Crippen molar-refractivity contribution >= 4 is 0 Å². The average Bonchev–Trinajstić information content (AvgIpc) is 2.51. The second-order valence-corrected chi connectivity index (χ2v) is 5.45. The quantitative estimate of drug-likeness (QED) is 0.741. The Bertz CT molecular complexity index is 573. The molecule has 3 rings (SSSR count). The fourth-order valence-electron chi connectivity index (χ4n) is 3.14. The van der Waals surface area contributed by atoms with Gasteiger partial charge in [-0.1, -0.05) is 60.7 Å². The molecule has 1 aliphatic rings. The molecule has 1 unspecified atom stereocenters. The standard InChI is InChI=1S/C19H21N/c1-2-8-19-18-12-7-6-11-17(18)13-14-20(19)15-16-9-4-3-5-10-16/h2-7,9-12,19H,1,8,13-15H2. The average molecular weight is 263 g/mol. The number of benzene rings is 2. The first kappa shape index (κ1) is 13.1. The van der Waals surface area contributed by atoms with Gasteiger partial charge in [-0.2, -0.15) is 0 Å². The molecule has 0 radical (unpaired) electrons.